The molecule has 0 fully saturated rings. The van der Waals surface area contributed by atoms with Gasteiger partial charge < -0.3 is 19.5 Å². The lowest BCUT2D eigenvalue weighted by atomic mass is 9.96. The van der Waals surface area contributed by atoms with Crippen LogP contribution in [0.3, 0.4) is 0 Å². The van der Waals surface area contributed by atoms with E-state index in [4.69, 9.17) is 14.2 Å². The Kier molecular flexibility index (Phi) is 9.87. The van der Waals surface area contributed by atoms with Crippen molar-refractivity contribution in [3.63, 3.8) is 0 Å². The summed E-state index contributed by atoms with van der Waals surface area (Å²) >= 11 is 0. The molecule has 0 bridgehead atoms. The van der Waals surface area contributed by atoms with E-state index in [-0.39, 0.29) is 0 Å². The third-order valence-electron chi connectivity index (χ3n) is 3.45. The van der Waals surface area contributed by atoms with Crippen LogP contribution in [-0.2, 0) is 15.9 Å². The van der Waals surface area contributed by atoms with Crippen LogP contribution in [0.15, 0.2) is 24.3 Å². The van der Waals surface area contributed by atoms with Crippen LogP contribution in [0.2, 0.25) is 0 Å². The third-order valence-corrected chi connectivity index (χ3v) is 3.45. The minimum absolute atomic E-state index is 0.556. The zero-order chi connectivity index (χ0) is 15.3. The number of nitrogens with one attached hydrogen (secondary N) is 1. The summed E-state index contributed by atoms with van der Waals surface area (Å²) in [5.74, 6) is 1.48. The summed E-state index contributed by atoms with van der Waals surface area (Å²) in [6.07, 6.45) is 2.09. The highest BCUT2D eigenvalue weighted by Gasteiger charge is 2.10. The quantitative estimate of drug-likeness (QED) is 0.602. The molecule has 1 aromatic carbocycles. The van der Waals surface area contributed by atoms with Crippen molar-refractivity contribution >= 4 is 0 Å². The molecule has 120 valence electrons. The second-order valence-corrected chi connectivity index (χ2v) is 5.10. The minimum atomic E-state index is 0.556. The van der Waals surface area contributed by atoms with Crippen molar-refractivity contribution in [2.45, 2.75) is 19.8 Å². The largest absolute Gasteiger partial charge is 0.497 e. The molecular weight excluding hydrogens is 266 g/mol. The molecule has 1 aromatic rings. The van der Waals surface area contributed by atoms with E-state index in [0.29, 0.717) is 5.92 Å². The van der Waals surface area contributed by atoms with Gasteiger partial charge in [0.15, 0.2) is 0 Å². The molecule has 0 aliphatic rings. The Bertz CT molecular complexity index is 371. The number of hydrogen-bond donors (Lipinski definition) is 1. The third kappa shape index (κ3) is 8.05. The van der Waals surface area contributed by atoms with Gasteiger partial charge in [-0.3, -0.25) is 0 Å². The van der Waals surface area contributed by atoms with Crippen LogP contribution >= 0.6 is 0 Å². The van der Waals surface area contributed by atoms with Crippen LogP contribution in [-0.4, -0.2) is 47.1 Å². The van der Waals surface area contributed by atoms with E-state index in [9.17, 15) is 0 Å². The minimum Gasteiger partial charge on any atom is -0.497 e. The Balaban J connectivity index is 2.48. The molecule has 1 atom stereocenters. The number of benzene rings is 1. The molecule has 0 saturated carbocycles. The molecule has 0 radical (unpaired) electrons. The highest BCUT2D eigenvalue weighted by atomic mass is 16.5. The molecule has 21 heavy (non-hydrogen) atoms. The zero-order valence-electron chi connectivity index (χ0n) is 13.6. The predicted molar refractivity (Wildman–Crippen MR) is 86.0 cm³/mol. The van der Waals surface area contributed by atoms with Crippen LogP contribution in [0.1, 0.15) is 18.9 Å². The van der Waals surface area contributed by atoms with Gasteiger partial charge in [0.2, 0.25) is 0 Å². The fraction of sp³-hybridized carbons (Fsp3) is 0.647. The topological polar surface area (TPSA) is 39.7 Å². The van der Waals surface area contributed by atoms with Crippen molar-refractivity contribution in [3.8, 4) is 5.75 Å². The average molecular weight is 295 g/mol. The van der Waals surface area contributed by atoms with Crippen molar-refractivity contribution in [1.29, 1.82) is 0 Å². The summed E-state index contributed by atoms with van der Waals surface area (Å²) < 4.78 is 15.9. The lowest BCUT2D eigenvalue weighted by Gasteiger charge is -2.18. The molecule has 1 N–H and O–H groups in total. The SMILES string of the molecule is CCOCCC(CNCCOC)Cc1cccc(OC)c1. The van der Waals surface area contributed by atoms with Gasteiger partial charge in [-0.25, -0.2) is 0 Å². The normalized spacial score (nSPS) is 12.3. The highest BCUT2D eigenvalue weighted by molar-refractivity contribution is 5.28. The predicted octanol–water partition coefficient (Wildman–Crippen LogP) is 2.52. The number of methoxy groups -OCH3 is 2. The van der Waals surface area contributed by atoms with Crippen molar-refractivity contribution in [3.05, 3.63) is 29.8 Å². The van der Waals surface area contributed by atoms with E-state index < -0.39 is 0 Å². The van der Waals surface area contributed by atoms with Crippen LogP contribution < -0.4 is 10.1 Å². The number of rotatable bonds is 12. The monoisotopic (exact) mass is 295 g/mol. The highest BCUT2D eigenvalue weighted by Crippen LogP contribution is 2.17. The van der Waals surface area contributed by atoms with E-state index in [1.807, 2.05) is 19.1 Å². The summed E-state index contributed by atoms with van der Waals surface area (Å²) in [4.78, 5) is 0. The van der Waals surface area contributed by atoms with Crippen LogP contribution in [0, 0.1) is 5.92 Å². The lowest BCUT2D eigenvalue weighted by molar-refractivity contribution is 0.130. The fourth-order valence-corrected chi connectivity index (χ4v) is 2.28. The van der Waals surface area contributed by atoms with Crippen molar-refractivity contribution < 1.29 is 14.2 Å². The molecular formula is C17H29NO3. The van der Waals surface area contributed by atoms with Crippen LogP contribution in [0.4, 0.5) is 0 Å². The molecule has 0 aliphatic carbocycles. The number of ether oxygens (including phenoxy) is 3. The summed E-state index contributed by atoms with van der Waals surface area (Å²) in [7, 11) is 3.43. The van der Waals surface area contributed by atoms with Gasteiger partial charge in [-0.15, -0.1) is 0 Å². The molecule has 0 amide bonds. The molecule has 0 aromatic heterocycles. The molecule has 4 nitrogen and oxygen atoms in total. The summed E-state index contributed by atoms with van der Waals surface area (Å²) in [5.41, 5.74) is 1.31. The first-order chi connectivity index (χ1) is 10.3. The molecule has 0 heterocycles. The van der Waals surface area contributed by atoms with Crippen molar-refractivity contribution in [2.75, 3.05) is 47.1 Å². The smallest absolute Gasteiger partial charge is 0.119 e. The standard InChI is InChI=1S/C17H29NO3/c1-4-21-10-8-16(14-18-9-11-19-2)12-15-6-5-7-17(13-15)20-3/h5-7,13,16,18H,4,8-12,14H2,1-3H3. The van der Waals surface area contributed by atoms with Crippen molar-refractivity contribution in [2.24, 2.45) is 5.92 Å². The van der Waals surface area contributed by atoms with Gasteiger partial charge in [0.1, 0.15) is 5.75 Å². The second-order valence-electron chi connectivity index (χ2n) is 5.10. The van der Waals surface area contributed by atoms with E-state index in [1.54, 1.807) is 14.2 Å². The molecule has 1 rings (SSSR count). The summed E-state index contributed by atoms with van der Waals surface area (Å²) in [6, 6.07) is 8.30. The maximum Gasteiger partial charge on any atom is 0.119 e. The van der Waals surface area contributed by atoms with E-state index in [1.165, 1.54) is 5.56 Å². The zero-order valence-corrected chi connectivity index (χ0v) is 13.6. The molecule has 0 spiro atoms. The Morgan fingerprint density at radius 3 is 2.76 bits per heavy atom. The number of hydrogen-bond acceptors (Lipinski definition) is 4. The van der Waals surface area contributed by atoms with E-state index in [0.717, 1.165) is 51.5 Å². The summed E-state index contributed by atoms with van der Waals surface area (Å²) in [6.45, 7) is 6.25. The molecule has 4 heteroatoms. The van der Waals surface area contributed by atoms with Gasteiger partial charge in [0, 0.05) is 26.9 Å². The maximum atomic E-state index is 5.50. The first kappa shape index (κ1) is 18.0. The lowest BCUT2D eigenvalue weighted by Crippen LogP contribution is -2.28. The van der Waals surface area contributed by atoms with Crippen molar-refractivity contribution in [1.82, 2.24) is 5.32 Å². The Morgan fingerprint density at radius 2 is 2.05 bits per heavy atom. The van der Waals surface area contributed by atoms with Gasteiger partial charge in [0.05, 0.1) is 13.7 Å². The Morgan fingerprint density at radius 1 is 1.19 bits per heavy atom. The van der Waals surface area contributed by atoms with Gasteiger partial charge in [-0.1, -0.05) is 12.1 Å². The molecule has 1 unspecified atom stereocenters. The van der Waals surface area contributed by atoms with E-state index in [2.05, 4.69) is 17.4 Å². The van der Waals surface area contributed by atoms with Gasteiger partial charge in [-0.05, 0) is 49.9 Å². The molecule has 0 aliphatic heterocycles. The Hall–Kier alpha value is -1.10. The van der Waals surface area contributed by atoms with Crippen LogP contribution in [0.5, 0.6) is 5.75 Å². The van der Waals surface area contributed by atoms with Gasteiger partial charge in [0.25, 0.3) is 0 Å². The second kappa shape index (κ2) is 11.5. The van der Waals surface area contributed by atoms with E-state index >= 15 is 0 Å². The maximum absolute atomic E-state index is 5.50. The van der Waals surface area contributed by atoms with Gasteiger partial charge >= 0.3 is 0 Å². The first-order valence-electron chi connectivity index (χ1n) is 7.70. The average Bonchev–Trinajstić information content (AvgIpc) is 2.51. The fourth-order valence-electron chi connectivity index (χ4n) is 2.28. The summed E-state index contributed by atoms with van der Waals surface area (Å²) in [5, 5.41) is 3.45. The Labute approximate surface area is 128 Å². The first-order valence-corrected chi connectivity index (χ1v) is 7.70. The van der Waals surface area contributed by atoms with Gasteiger partial charge in [-0.2, -0.15) is 0 Å². The molecule has 0 saturated heterocycles. The van der Waals surface area contributed by atoms with Crippen LogP contribution in [0.25, 0.3) is 0 Å².